The third-order valence-corrected chi connectivity index (χ3v) is 1.92. The molecular formula is C10H15N3O3. The Bertz CT molecular complexity index is 327. The van der Waals surface area contributed by atoms with E-state index in [0.29, 0.717) is 25.4 Å². The Morgan fingerprint density at radius 3 is 2.56 bits per heavy atom. The Labute approximate surface area is 93.5 Å². The predicted molar refractivity (Wildman–Crippen MR) is 60.5 cm³/mol. The first-order valence-corrected chi connectivity index (χ1v) is 5.02. The van der Waals surface area contributed by atoms with Crippen LogP contribution in [0.15, 0.2) is 24.3 Å². The molecule has 0 saturated carbocycles. The third-order valence-electron chi connectivity index (χ3n) is 1.92. The molecule has 88 valence electrons. The number of benzene rings is 1. The summed E-state index contributed by atoms with van der Waals surface area (Å²) in [7, 11) is 0. The smallest absolute Gasteiger partial charge is 0.269 e. The van der Waals surface area contributed by atoms with Gasteiger partial charge in [-0.2, -0.15) is 0 Å². The van der Waals surface area contributed by atoms with Crippen molar-refractivity contribution < 1.29 is 9.66 Å². The second kappa shape index (κ2) is 6.76. The molecule has 16 heavy (non-hydrogen) atoms. The minimum atomic E-state index is -0.438. The van der Waals surface area contributed by atoms with E-state index in [1.165, 1.54) is 12.1 Å². The quantitative estimate of drug-likeness (QED) is 0.401. The van der Waals surface area contributed by atoms with Gasteiger partial charge in [0.15, 0.2) is 0 Å². The number of nitro benzene ring substituents is 1. The highest BCUT2D eigenvalue weighted by Gasteiger charge is 2.03. The molecule has 0 aliphatic heterocycles. The highest BCUT2D eigenvalue weighted by Crippen LogP contribution is 2.16. The van der Waals surface area contributed by atoms with E-state index in [1.807, 2.05) is 0 Å². The second-order valence-corrected chi connectivity index (χ2v) is 3.14. The molecule has 0 amide bonds. The topological polar surface area (TPSA) is 90.4 Å². The molecule has 0 atom stereocenters. The molecule has 1 aromatic rings. The molecular weight excluding hydrogens is 210 g/mol. The van der Waals surface area contributed by atoms with Gasteiger partial charge in [0.25, 0.3) is 5.69 Å². The minimum absolute atomic E-state index is 0.0635. The van der Waals surface area contributed by atoms with Gasteiger partial charge < -0.3 is 15.8 Å². The first kappa shape index (κ1) is 12.4. The van der Waals surface area contributed by atoms with Crippen LogP contribution in [0.2, 0.25) is 0 Å². The number of nitrogens with zero attached hydrogens (tertiary/aromatic N) is 1. The van der Waals surface area contributed by atoms with Crippen LogP contribution in [0.3, 0.4) is 0 Å². The number of nitro groups is 1. The summed E-state index contributed by atoms with van der Waals surface area (Å²) in [6.45, 7) is 2.56. The van der Waals surface area contributed by atoms with Crippen LogP contribution in [0.5, 0.6) is 5.75 Å². The zero-order chi connectivity index (χ0) is 11.8. The van der Waals surface area contributed by atoms with Gasteiger partial charge in [-0.05, 0) is 12.1 Å². The van der Waals surface area contributed by atoms with Crippen LogP contribution >= 0.6 is 0 Å². The van der Waals surface area contributed by atoms with Crippen molar-refractivity contribution in [3.8, 4) is 5.75 Å². The zero-order valence-electron chi connectivity index (χ0n) is 8.89. The first-order chi connectivity index (χ1) is 7.74. The fourth-order valence-corrected chi connectivity index (χ4v) is 1.13. The molecule has 0 saturated heterocycles. The summed E-state index contributed by atoms with van der Waals surface area (Å²) in [6.07, 6.45) is 0. The van der Waals surface area contributed by atoms with Gasteiger partial charge in [-0.1, -0.05) is 0 Å². The van der Waals surface area contributed by atoms with Crippen LogP contribution in [0, 0.1) is 10.1 Å². The summed E-state index contributed by atoms with van der Waals surface area (Å²) < 4.78 is 5.36. The number of hydrogen-bond donors (Lipinski definition) is 2. The van der Waals surface area contributed by atoms with Crippen LogP contribution in [0.1, 0.15) is 0 Å². The van der Waals surface area contributed by atoms with Gasteiger partial charge in [0.05, 0.1) is 4.92 Å². The molecule has 0 aromatic heterocycles. The van der Waals surface area contributed by atoms with Crippen molar-refractivity contribution in [1.82, 2.24) is 5.32 Å². The molecule has 6 nitrogen and oxygen atoms in total. The molecule has 0 aliphatic carbocycles. The molecule has 0 aliphatic rings. The SMILES string of the molecule is NCCNCCOc1ccc([N+](=O)[O-])cc1. The lowest BCUT2D eigenvalue weighted by Gasteiger charge is -2.06. The van der Waals surface area contributed by atoms with Gasteiger partial charge in [0.1, 0.15) is 12.4 Å². The van der Waals surface area contributed by atoms with Gasteiger partial charge in [0, 0.05) is 31.8 Å². The fraction of sp³-hybridized carbons (Fsp3) is 0.400. The standard InChI is InChI=1S/C10H15N3O3/c11-5-6-12-7-8-16-10-3-1-9(2-4-10)13(14)15/h1-4,12H,5-8,11H2. The largest absolute Gasteiger partial charge is 0.492 e. The van der Waals surface area contributed by atoms with E-state index in [1.54, 1.807) is 12.1 Å². The first-order valence-electron chi connectivity index (χ1n) is 5.02. The van der Waals surface area contributed by atoms with Crippen molar-refractivity contribution in [2.45, 2.75) is 0 Å². The molecule has 0 radical (unpaired) electrons. The lowest BCUT2D eigenvalue weighted by Crippen LogP contribution is -2.26. The molecule has 0 bridgehead atoms. The molecule has 0 fully saturated rings. The van der Waals surface area contributed by atoms with Crippen molar-refractivity contribution in [3.63, 3.8) is 0 Å². The lowest BCUT2D eigenvalue weighted by atomic mass is 10.3. The fourth-order valence-electron chi connectivity index (χ4n) is 1.13. The summed E-state index contributed by atoms with van der Waals surface area (Å²) in [4.78, 5) is 9.95. The second-order valence-electron chi connectivity index (χ2n) is 3.14. The predicted octanol–water partition coefficient (Wildman–Crippen LogP) is 0.522. The normalized spacial score (nSPS) is 10.1. The highest BCUT2D eigenvalue weighted by atomic mass is 16.6. The van der Waals surface area contributed by atoms with Crippen molar-refractivity contribution >= 4 is 5.69 Å². The Hall–Kier alpha value is -1.66. The average Bonchev–Trinajstić information content (AvgIpc) is 2.29. The van der Waals surface area contributed by atoms with E-state index >= 15 is 0 Å². The van der Waals surface area contributed by atoms with Gasteiger partial charge in [-0.15, -0.1) is 0 Å². The summed E-state index contributed by atoms with van der Waals surface area (Å²) in [5, 5.41) is 13.5. The summed E-state index contributed by atoms with van der Waals surface area (Å²) in [6, 6.07) is 6.01. The number of rotatable bonds is 7. The molecule has 0 heterocycles. The summed E-state index contributed by atoms with van der Waals surface area (Å²) >= 11 is 0. The number of ether oxygens (including phenoxy) is 1. The maximum atomic E-state index is 10.4. The molecule has 1 aromatic carbocycles. The van der Waals surface area contributed by atoms with Crippen molar-refractivity contribution in [2.75, 3.05) is 26.2 Å². The molecule has 0 unspecified atom stereocenters. The molecule has 1 rings (SSSR count). The summed E-state index contributed by atoms with van der Waals surface area (Å²) in [5.74, 6) is 0.625. The van der Waals surface area contributed by atoms with Gasteiger partial charge in [-0.3, -0.25) is 10.1 Å². The van der Waals surface area contributed by atoms with Gasteiger partial charge in [-0.25, -0.2) is 0 Å². The highest BCUT2D eigenvalue weighted by molar-refractivity contribution is 5.35. The van der Waals surface area contributed by atoms with Gasteiger partial charge >= 0.3 is 0 Å². The molecule has 3 N–H and O–H groups in total. The number of hydrogen-bond acceptors (Lipinski definition) is 5. The number of nitrogens with one attached hydrogen (secondary N) is 1. The molecule has 0 spiro atoms. The van der Waals surface area contributed by atoms with Crippen molar-refractivity contribution in [1.29, 1.82) is 0 Å². The van der Waals surface area contributed by atoms with Crippen LogP contribution in [0.25, 0.3) is 0 Å². The Morgan fingerprint density at radius 1 is 1.31 bits per heavy atom. The maximum Gasteiger partial charge on any atom is 0.269 e. The van der Waals surface area contributed by atoms with E-state index in [4.69, 9.17) is 10.5 Å². The zero-order valence-corrected chi connectivity index (χ0v) is 8.89. The van der Waals surface area contributed by atoms with E-state index in [9.17, 15) is 10.1 Å². The van der Waals surface area contributed by atoms with Crippen LogP contribution < -0.4 is 15.8 Å². The van der Waals surface area contributed by atoms with Crippen molar-refractivity contribution in [3.05, 3.63) is 34.4 Å². The van der Waals surface area contributed by atoms with E-state index < -0.39 is 4.92 Å². The number of non-ortho nitro benzene ring substituents is 1. The van der Waals surface area contributed by atoms with Crippen LogP contribution in [-0.4, -0.2) is 31.2 Å². The Kier molecular flexibility index (Phi) is 5.24. The Balaban J connectivity index is 2.29. The lowest BCUT2D eigenvalue weighted by molar-refractivity contribution is -0.384. The van der Waals surface area contributed by atoms with E-state index in [-0.39, 0.29) is 5.69 Å². The monoisotopic (exact) mass is 225 g/mol. The third kappa shape index (κ3) is 4.24. The summed E-state index contributed by atoms with van der Waals surface area (Å²) in [5.41, 5.74) is 5.36. The van der Waals surface area contributed by atoms with Gasteiger partial charge in [0.2, 0.25) is 0 Å². The van der Waals surface area contributed by atoms with E-state index in [0.717, 1.165) is 6.54 Å². The van der Waals surface area contributed by atoms with E-state index in [2.05, 4.69) is 5.32 Å². The van der Waals surface area contributed by atoms with Crippen LogP contribution in [0.4, 0.5) is 5.69 Å². The minimum Gasteiger partial charge on any atom is -0.492 e. The van der Waals surface area contributed by atoms with Crippen molar-refractivity contribution in [2.24, 2.45) is 5.73 Å². The number of nitrogens with two attached hydrogens (primary N) is 1. The Morgan fingerprint density at radius 2 is 2.00 bits per heavy atom. The molecule has 6 heteroatoms. The average molecular weight is 225 g/mol. The van der Waals surface area contributed by atoms with Crippen LogP contribution in [-0.2, 0) is 0 Å². The maximum absolute atomic E-state index is 10.4.